The van der Waals surface area contributed by atoms with E-state index in [1.54, 1.807) is 13.2 Å². The molecule has 0 amide bonds. The average Bonchev–Trinajstić information content (AvgIpc) is 2.42. The Labute approximate surface area is 113 Å². The molecule has 3 nitrogen and oxygen atoms in total. The number of hydrogen-bond acceptors (Lipinski definition) is 3. The minimum Gasteiger partial charge on any atom is -0.508 e. The van der Waals surface area contributed by atoms with Gasteiger partial charge in [-0.3, -0.25) is 0 Å². The lowest BCUT2D eigenvalue weighted by Crippen LogP contribution is -2.03. The van der Waals surface area contributed by atoms with E-state index < -0.39 is 0 Å². The van der Waals surface area contributed by atoms with Gasteiger partial charge in [0.1, 0.15) is 5.75 Å². The van der Waals surface area contributed by atoms with Crippen molar-refractivity contribution in [1.82, 2.24) is 0 Å². The Morgan fingerprint density at radius 1 is 1.11 bits per heavy atom. The molecule has 100 valence electrons. The normalized spacial score (nSPS) is 10.4. The molecule has 3 heteroatoms. The Bertz CT molecular complexity index is 552. The Morgan fingerprint density at radius 3 is 2.68 bits per heavy atom. The van der Waals surface area contributed by atoms with Crippen molar-refractivity contribution in [2.45, 2.75) is 20.1 Å². The summed E-state index contributed by atoms with van der Waals surface area (Å²) in [5.41, 5.74) is 4.18. The van der Waals surface area contributed by atoms with E-state index in [-0.39, 0.29) is 0 Å². The molecular formula is C16H19NO2. The molecule has 19 heavy (non-hydrogen) atoms. The Morgan fingerprint density at radius 2 is 1.89 bits per heavy atom. The summed E-state index contributed by atoms with van der Waals surface area (Å²) in [6.45, 7) is 3.18. The van der Waals surface area contributed by atoms with Crippen molar-refractivity contribution in [1.29, 1.82) is 0 Å². The molecule has 0 bridgehead atoms. The van der Waals surface area contributed by atoms with Gasteiger partial charge in [-0.25, -0.2) is 0 Å². The summed E-state index contributed by atoms with van der Waals surface area (Å²) >= 11 is 0. The van der Waals surface area contributed by atoms with Crippen LogP contribution in [0.5, 0.6) is 5.75 Å². The number of nitrogens with one attached hydrogen (secondary N) is 1. The van der Waals surface area contributed by atoms with E-state index >= 15 is 0 Å². The topological polar surface area (TPSA) is 41.5 Å². The van der Waals surface area contributed by atoms with E-state index in [1.165, 1.54) is 0 Å². The standard InChI is InChI=1S/C16H19NO2/c1-12-7-8-16(18)14(9-12)10-17-15-6-4-3-5-13(15)11-19-2/h3-9,17-18H,10-11H2,1-2H3. The van der Waals surface area contributed by atoms with Crippen molar-refractivity contribution in [3.63, 3.8) is 0 Å². The van der Waals surface area contributed by atoms with Crippen LogP contribution in [0.25, 0.3) is 0 Å². The first-order valence-electron chi connectivity index (χ1n) is 6.30. The minimum absolute atomic E-state index is 0.322. The first-order chi connectivity index (χ1) is 9.20. The van der Waals surface area contributed by atoms with Crippen LogP contribution in [0.15, 0.2) is 42.5 Å². The van der Waals surface area contributed by atoms with Crippen molar-refractivity contribution in [2.75, 3.05) is 12.4 Å². The van der Waals surface area contributed by atoms with Crippen molar-refractivity contribution < 1.29 is 9.84 Å². The van der Waals surface area contributed by atoms with Crippen molar-refractivity contribution in [2.24, 2.45) is 0 Å². The van der Waals surface area contributed by atoms with Crippen LogP contribution in [0.4, 0.5) is 5.69 Å². The zero-order valence-corrected chi connectivity index (χ0v) is 11.3. The fourth-order valence-electron chi connectivity index (χ4n) is 2.02. The molecule has 0 radical (unpaired) electrons. The molecule has 0 aliphatic rings. The third-order valence-corrected chi connectivity index (χ3v) is 3.02. The highest BCUT2D eigenvalue weighted by molar-refractivity contribution is 5.52. The second kappa shape index (κ2) is 6.25. The maximum absolute atomic E-state index is 9.82. The molecular weight excluding hydrogens is 238 g/mol. The number of aromatic hydroxyl groups is 1. The second-order valence-corrected chi connectivity index (χ2v) is 4.58. The van der Waals surface area contributed by atoms with Gasteiger partial charge in [0, 0.05) is 30.5 Å². The molecule has 2 aromatic carbocycles. The van der Waals surface area contributed by atoms with Crippen LogP contribution in [-0.2, 0) is 17.9 Å². The van der Waals surface area contributed by atoms with E-state index in [1.807, 2.05) is 43.3 Å². The summed E-state index contributed by atoms with van der Waals surface area (Å²) in [5, 5.41) is 13.2. The highest BCUT2D eigenvalue weighted by Crippen LogP contribution is 2.21. The lowest BCUT2D eigenvalue weighted by Gasteiger charge is -2.12. The molecule has 0 atom stereocenters. The van der Waals surface area contributed by atoms with Gasteiger partial charge >= 0.3 is 0 Å². The van der Waals surface area contributed by atoms with Gasteiger partial charge in [-0.2, -0.15) is 0 Å². The fraction of sp³-hybridized carbons (Fsp3) is 0.250. The molecule has 2 N–H and O–H groups in total. The van der Waals surface area contributed by atoms with E-state index in [0.29, 0.717) is 18.9 Å². The van der Waals surface area contributed by atoms with Gasteiger partial charge < -0.3 is 15.2 Å². The Balaban J connectivity index is 2.12. The number of anilines is 1. The SMILES string of the molecule is COCc1ccccc1NCc1cc(C)ccc1O. The maximum Gasteiger partial charge on any atom is 0.120 e. The number of benzene rings is 2. The first kappa shape index (κ1) is 13.4. The number of aryl methyl sites for hydroxylation is 1. The molecule has 0 saturated heterocycles. The van der Waals surface area contributed by atoms with Gasteiger partial charge in [-0.05, 0) is 19.1 Å². The molecule has 0 saturated carbocycles. The number of phenols is 1. The lowest BCUT2D eigenvalue weighted by molar-refractivity contribution is 0.185. The van der Waals surface area contributed by atoms with E-state index in [9.17, 15) is 5.11 Å². The van der Waals surface area contributed by atoms with Gasteiger partial charge in [0.05, 0.1) is 6.61 Å². The first-order valence-corrected chi connectivity index (χ1v) is 6.30. The lowest BCUT2D eigenvalue weighted by atomic mass is 10.1. The zero-order chi connectivity index (χ0) is 13.7. The highest BCUT2D eigenvalue weighted by atomic mass is 16.5. The number of phenolic OH excluding ortho intramolecular Hbond substituents is 1. The predicted molar refractivity (Wildman–Crippen MR) is 77.3 cm³/mol. The van der Waals surface area contributed by atoms with Gasteiger partial charge in [0.25, 0.3) is 0 Å². The molecule has 0 aliphatic heterocycles. The van der Waals surface area contributed by atoms with Gasteiger partial charge in [0.15, 0.2) is 0 Å². The van der Waals surface area contributed by atoms with Crippen LogP contribution in [-0.4, -0.2) is 12.2 Å². The summed E-state index contributed by atoms with van der Waals surface area (Å²) in [6, 6.07) is 13.6. The Hall–Kier alpha value is -2.00. The van der Waals surface area contributed by atoms with E-state index in [4.69, 9.17) is 4.74 Å². The fourth-order valence-corrected chi connectivity index (χ4v) is 2.02. The molecule has 2 aromatic rings. The molecule has 0 unspecified atom stereocenters. The molecule has 0 fully saturated rings. The smallest absolute Gasteiger partial charge is 0.120 e. The predicted octanol–water partition coefficient (Wildman–Crippen LogP) is 3.46. The molecule has 0 spiro atoms. The van der Waals surface area contributed by atoms with Crippen molar-refractivity contribution in [3.8, 4) is 5.75 Å². The number of para-hydroxylation sites is 1. The van der Waals surface area contributed by atoms with Gasteiger partial charge in [-0.1, -0.05) is 35.9 Å². The van der Waals surface area contributed by atoms with Crippen LogP contribution in [0.2, 0.25) is 0 Å². The van der Waals surface area contributed by atoms with Crippen LogP contribution in [0.3, 0.4) is 0 Å². The number of rotatable bonds is 5. The van der Waals surface area contributed by atoms with Crippen molar-refractivity contribution >= 4 is 5.69 Å². The summed E-state index contributed by atoms with van der Waals surface area (Å²) < 4.78 is 5.17. The zero-order valence-electron chi connectivity index (χ0n) is 11.3. The molecule has 0 aromatic heterocycles. The Kier molecular flexibility index (Phi) is 4.42. The van der Waals surface area contributed by atoms with Gasteiger partial charge in [0.2, 0.25) is 0 Å². The minimum atomic E-state index is 0.322. The van der Waals surface area contributed by atoms with E-state index in [0.717, 1.165) is 22.4 Å². The molecule has 0 heterocycles. The summed E-state index contributed by atoms with van der Waals surface area (Å²) in [5.74, 6) is 0.322. The molecule has 2 rings (SSSR count). The maximum atomic E-state index is 9.82. The van der Waals surface area contributed by atoms with Crippen LogP contribution in [0.1, 0.15) is 16.7 Å². The van der Waals surface area contributed by atoms with Crippen molar-refractivity contribution in [3.05, 3.63) is 59.2 Å². The summed E-state index contributed by atoms with van der Waals surface area (Å²) in [4.78, 5) is 0. The van der Waals surface area contributed by atoms with Crippen LogP contribution < -0.4 is 5.32 Å². The number of ether oxygens (including phenoxy) is 1. The summed E-state index contributed by atoms with van der Waals surface area (Å²) in [6.07, 6.45) is 0. The monoisotopic (exact) mass is 257 g/mol. The van der Waals surface area contributed by atoms with Gasteiger partial charge in [-0.15, -0.1) is 0 Å². The van der Waals surface area contributed by atoms with Crippen LogP contribution in [0, 0.1) is 6.92 Å². The molecule has 0 aliphatic carbocycles. The highest BCUT2D eigenvalue weighted by Gasteiger charge is 2.04. The number of methoxy groups -OCH3 is 1. The second-order valence-electron chi connectivity index (χ2n) is 4.58. The van der Waals surface area contributed by atoms with Crippen LogP contribution >= 0.6 is 0 Å². The average molecular weight is 257 g/mol. The number of hydrogen-bond donors (Lipinski definition) is 2. The largest absolute Gasteiger partial charge is 0.508 e. The van der Waals surface area contributed by atoms with E-state index in [2.05, 4.69) is 5.32 Å². The third kappa shape index (κ3) is 3.48. The third-order valence-electron chi connectivity index (χ3n) is 3.02. The quantitative estimate of drug-likeness (QED) is 0.862. The summed E-state index contributed by atoms with van der Waals surface area (Å²) in [7, 11) is 1.68.